The fraction of sp³-hybridized carbons (Fsp3) is 0.455. The molecule has 4 aromatic rings. The third kappa shape index (κ3) is 3.07. The number of hydrogen-bond donors (Lipinski definition) is 0. The molecule has 0 aliphatic rings. The molecule has 0 spiro atoms. The lowest BCUT2D eigenvalue weighted by Crippen LogP contribution is -2.21. The number of unbranched alkanes of at least 4 members (excludes halogenated alkanes) is 3. The number of hydrogen-bond acceptors (Lipinski definition) is 4. The molecule has 0 aliphatic heterocycles. The van der Waals surface area contributed by atoms with E-state index in [1.165, 1.54) is 12.8 Å². The molecule has 0 amide bonds. The van der Waals surface area contributed by atoms with E-state index in [4.69, 9.17) is 9.97 Å². The molecule has 0 unspecified atom stereocenters. The van der Waals surface area contributed by atoms with Crippen LogP contribution in [0.4, 0.5) is 0 Å². The van der Waals surface area contributed by atoms with Crippen LogP contribution in [0.1, 0.15) is 58.9 Å². The Balaban J connectivity index is 1.97. The second-order valence-electron chi connectivity index (χ2n) is 7.51. The van der Waals surface area contributed by atoms with E-state index < -0.39 is 0 Å². The molecule has 3 heterocycles. The summed E-state index contributed by atoms with van der Waals surface area (Å²) in [6, 6.07) is 7.98. The van der Waals surface area contributed by atoms with Crippen LogP contribution in [0.2, 0.25) is 0 Å². The van der Waals surface area contributed by atoms with Gasteiger partial charge >= 0.3 is 0 Å². The molecule has 0 aliphatic carbocycles. The van der Waals surface area contributed by atoms with Gasteiger partial charge in [-0.3, -0.25) is 9.36 Å². The number of rotatable bonds is 7. The van der Waals surface area contributed by atoms with Gasteiger partial charge in [0.2, 0.25) is 0 Å². The summed E-state index contributed by atoms with van der Waals surface area (Å²) in [7, 11) is 0. The monoisotopic (exact) mass is 377 g/mol. The standard InChI is InChI=1S/C22H27N5O/c1-4-6-7-10-13-26-14-23-20-18(22(26)28)19-21(27(20)15(3)5-2)25-17-12-9-8-11-16(17)24-19/h8-9,11-12,14-15H,4-7,10,13H2,1-3H3/t15-/m0/s1. The van der Waals surface area contributed by atoms with Crippen LogP contribution in [0.25, 0.3) is 33.2 Å². The SMILES string of the molecule is CCCCCCn1cnc2c(c1=O)c1nc3ccccc3nc1n2[C@@H](C)CC. The minimum Gasteiger partial charge on any atom is -0.306 e. The molecule has 0 N–H and O–H groups in total. The van der Waals surface area contributed by atoms with Gasteiger partial charge in [-0.05, 0) is 31.9 Å². The van der Waals surface area contributed by atoms with E-state index in [2.05, 4.69) is 30.3 Å². The van der Waals surface area contributed by atoms with Crippen LogP contribution in [0.3, 0.4) is 0 Å². The highest BCUT2D eigenvalue weighted by Crippen LogP contribution is 2.29. The molecule has 0 bridgehead atoms. The second-order valence-corrected chi connectivity index (χ2v) is 7.51. The van der Waals surface area contributed by atoms with E-state index in [1.54, 1.807) is 10.9 Å². The van der Waals surface area contributed by atoms with Crippen molar-refractivity contribution in [3.05, 3.63) is 40.9 Å². The van der Waals surface area contributed by atoms with Crippen molar-refractivity contribution in [2.24, 2.45) is 0 Å². The third-order valence-electron chi connectivity index (χ3n) is 5.55. The molecule has 146 valence electrons. The molecule has 1 atom stereocenters. The normalized spacial score (nSPS) is 13.0. The minimum atomic E-state index is -0.0156. The highest BCUT2D eigenvalue weighted by molar-refractivity contribution is 6.04. The maximum atomic E-state index is 13.3. The summed E-state index contributed by atoms with van der Waals surface area (Å²) >= 11 is 0. The molecule has 1 aromatic carbocycles. The average Bonchev–Trinajstić information content (AvgIpc) is 3.04. The first kappa shape index (κ1) is 18.6. The Bertz CT molecular complexity index is 1190. The number of fused-ring (bicyclic) bond motifs is 4. The van der Waals surface area contributed by atoms with Gasteiger partial charge in [-0.15, -0.1) is 0 Å². The molecular formula is C22H27N5O. The van der Waals surface area contributed by atoms with Gasteiger partial charge in [-0.1, -0.05) is 45.2 Å². The smallest absolute Gasteiger partial charge is 0.265 e. The van der Waals surface area contributed by atoms with Crippen LogP contribution in [-0.4, -0.2) is 24.1 Å². The highest BCUT2D eigenvalue weighted by atomic mass is 16.1. The van der Waals surface area contributed by atoms with Gasteiger partial charge in [-0.25, -0.2) is 15.0 Å². The number of benzene rings is 1. The number of nitrogens with zero attached hydrogens (tertiary/aromatic N) is 5. The fourth-order valence-electron chi connectivity index (χ4n) is 3.77. The van der Waals surface area contributed by atoms with Crippen LogP contribution < -0.4 is 5.56 Å². The van der Waals surface area contributed by atoms with Crippen molar-refractivity contribution in [2.45, 2.75) is 65.5 Å². The summed E-state index contributed by atoms with van der Waals surface area (Å²) in [4.78, 5) is 27.7. The summed E-state index contributed by atoms with van der Waals surface area (Å²) < 4.78 is 3.81. The van der Waals surface area contributed by atoms with Crippen molar-refractivity contribution in [1.29, 1.82) is 0 Å². The van der Waals surface area contributed by atoms with Gasteiger partial charge in [0.05, 0.1) is 17.4 Å². The molecule has 3 aromatic heterocycles. The molecule has 6 heteroatoms. The molecule has 4 rings (SSSR count). The van der Waals surface area contributed by atoms with Crippen LogP contribution >= 0.6 is 0 Å². The van der Waals surface area contributed by atoms with E-state index in [9.17, 15) is 4.79 Å². The molecule has 0 radical (unpaired) electrons. The molecule has 6 nitrogen and oxygen atoms in total. The van der Waals surface area contributed by atoms with E-state index >= 15 is 0 Å². The van der Waals surface area contributed by atoms with Crippen molar-refractivity contribution in [1.82, 2.24) is 24.1 Å². The Morgan fingerprint density at radius 2 is 1.75 bits per heavy atom. The molecule has 0 fully saturated rings. The Kier molecular flexibility index (Phi) is 5.11. The molecule has 28 heavy (non-hydrogen) atoms. The quantitative estimate of drug-likeness (QED) is 0.432. The first-order valence-corrected chi connectivity index (χ1v) is 10.3. The largest absolute Gasteiger partial charge is 0.306 e. The zero-order chi connectivity index (χ0) is 19.7. The van der Waals surface area contributed by atoms with Crippen LogP contribution in [0, 0.1) is 0 Å². The van der Waals surface area contributed by atoms with Crippen LogP contribution in [-0.2, 0) is 6.54 Å². The fourth-order valence-corrected chi connectivity index (χ4v) is 3.77. The highest BCUT2D eigenvalue weighted by Gasteiger charge is 2.21. The lowest BCUT2D eigenvalue weighted by Gasteiger charge is -2.13. The number of para-hydroxylation sites is 2. The Morgan fingerprint density at radius 3 is 2.46 bits per heavy atom. The van der Waals surface area contributed by atoms with Gasteiger partial charge in [0, 0.05) is 12.6 Å². The maximum absolute atomic E-state index is 13.3. The number of aryl methyl sites for hydroxylation is 1. The second kappa shape index (κ2) is 7.70. The Morgan fingerprint density at radius 1 is 1.00 bits per heavy atom. The van der Waals surface area contributed by atoms with E-state index in [1.807, 2.05) is 24.3 Å². The van der Waals surface area contributed by atoms with E-state index in [0.717, 1.165) is 35.9 Å². The predicted octanol–water partition coefficient (Wildman–Crippen LogP) is 4.85. The summed E-state index contributed by atoms with van der Waals surface area (Å²) in [6.07, 6.45) is 7.09. The molecule has 0 saturated carbocycles. The van der Waals surface area contributed by atoms with Crippen molar-refractivity contribution in [2.75, 3.05) is 0 Å². The van der Waals surface area contributed by atoms with Gasteiger partial charge in [0.25, 0.3) is 5.56 Å². The number of aromatic nitrogens is 5. The first-order valence-electron chi connectivity index (χ1n) is 10.3. The predicted molar refractivity (Wildman–Crippen MR) is 114 cm³/mol. The summed E-state index contributed by atoms with van der Waals surface area (Å²) in [6.45, 7) is 7.14. The van der Waals surface area contributed by atoms with Crippen LogP contribution in [0.5, 0.6) is 0 Å². The van der Waals surface area contributed by atoms with E-state index in [-0.39, 0.29) is 11.6 Å². The summed E-state index contributed by atoms with van der Waals surface area (Å²) in [5, 5.41) is 0.589. The lowest BCUT2D eigenvalue weighted by atomic mass is 10.2. The van der Waals surface area contributed by atoms with Crippen molar-refractivity contribution in [3.8, 4) is 0 Å². The average molecular weight is 377 g/mol. The van der Waals surface area contributed by atoms with Gasteiger partial charge < -0.3 is 4.57 Å². The first-order chi connectivity index (χ1) is 13.7. The Hall–Kier alpha value is -2.76. The zero-order valence-electron chi connectivity index (χ0n) is 16.9. The van der Waals surface area contributed by atoms with Crippen LogP contribution in [0.15, 0.2) is 35.4 Å². The molecule has 0 saturated heterocycles. The topological polar surface area (TPSA) is 65.6 Å². The maximum Gasteiger partial charge on any atom is 0.265 e. The lowest BCUT2D eigenvalue weighted by molar-refractivity contribution is 0.549. The third-order valence-corrected chi connectivity index (χ3v) is 5.55. The summed E-state index contributed by atoms with van der Waals surface area (Å²) in [5.74, 6) is 0. The van der Waals surface area contributed by atoms with Crippen molar-refractivity contribution < 1.29 is 0 Å². The van der Waals surface area contributed by atoms with Gasteiger partial charge in [0.15, 0.2) is 11.3 Å². The van der Waals surface area contributed by atoms with Crippen molar-refractivity contribution in [3.63, 3.8) is 0 Å². The van der Waals surface area contributed by atoms with E-state index in [0.29, 0.717) is 23.1 Å². The molecular weight excluding hydrogens is 350 g/mol. The Labute approximate surface area is 164 Å². The minimum absolute atomic E-state index is 0.0156. The van der Waals surface area contributed by atoms with Gasteiger partial charge in [0.1, 0.15) is 10.9 Å². The summed E-state index contributed by atoms with van der Waals surface area (Å²) in [5.41, 5.74) is 3.72. The van der Waals surface area contributed by atoms with Crippen molar-refractivity contribution >= 4 is 33.2 Å². The zero-order valence-corrected chi connectivity index (χ0v) is 16.9. The van der Waals surface area contributed by atoms with Gasteiger partial charge in [-0.2, -0.15) is 0 Å².